The molecule has 0 spiro atoms. The van der Waals surface area contributed by atoms with Crippen molar-refractivity contribution < 1.29 is 19.5 Å². The van der Waals surface area contributed by atoms with E-state index in [4.69, 9.17) is 0 Å². The average molecular weight is 514 g/mol. The van der Waals surface area contributed by atoms with Crippen molar-refractivity contribution in [3.8, 4) is 0 Å². The van der Waals surface area contributed by atoms with Gasteiger partial charge in [-0.3, -0.25) is 9.59 Å². The molecule has 1 aliphatic rings. The zero-order valence-electron chi connectivity index (χ0n) is 23.9. The third-order valence-electron chi connectivity index (χ3n) is 7.83. The van der Waals surface area contributed by atoms with Crippen LogP contribution in [0, 0.1) is 11.3 Å². The lowest BCUT2D eigenvalue weighted by Crippen LogP contribution is -2.62. The molecule has 3 N–H and O–H groups in total. The van der Waals surface area contributed by atoms with E-state index in [-0.39, 0.29) is 28.7 Å². The molecule has 2 rings (SSSR count). The Balaban J connectivity index is 2.41. The van der Waals surface area contributed by atoms with E-state index < -0.39 is 29.5 Å². The summed E-state index contributed by atoms with van der Waals surface area (Å²) in [4.78, 5) is 40.9. The number of likely N-dealkylation sites (N-methyl/N-ethyl adjacent to an activating group) is 2. The molecular formula is C30H47N3O4. The van der Waals surface area contributed by atoms with Crippen LogP contribution in [0.25, 0.3) is 0 Å². The van der Waals surface area contributed by atoms with Crippen molar-refractivity contribution >= 4 is 17.8 Å². The monoisotopic (exact) mass is 513 g/mol. The normalized spacial score (nSPS) is 18.6. The summed E-state index contributed by atoms with van der Waals surface area (Å²) in [5.41, 5.74) is 0.428. The fraction of sp³-hybridized carbons (Fsp3) is 0.633. The molecule has 0 aliphatic heterocycles. The predicted octanol–water partition coefficient (Wildman–Crippen LogP) is 4.52. The molecule has 0 heterocycles. The van der Waals surface area contributed by atoms with E-state index in [1.165, 1.54) is 6.92 Å². The number of carbonyl (C=O) groups is 3. The SMILES string of the molecule is CNC(C(=O)N[C@H](C(=O)N(C)[C@@H](C=C(C)C(=O)O)C(C)C)C(C)(C)C)C1(c2ccccc2)CCCCC1. The van der Waals surface area contributed by atoms with Gasteiger partial charge in [-0.25, -0.2) is 4.79 Å². The summed E-state index contributed by atoms with van der Waals surface area (Å²) in [6.07, 6.45) is 6.68. The van der Waals surface area contributed by atoms with E-state index in [9.17, 15) is 19.5 Å². The maximum Gasteiger partial charge on any atom is 0.331 e. The van der Waals surface area contributed by atoms with Crippen LogP contribution in [0.15, 0.2) is 42.0 Å². The summed E-state index contributed by atoms with van der Waals surface area (Å²) in [7, 11) is 3.50. The van der Waals surface area contributed by atoms with E-state index in [2.05, 4.69) is 22.8 Å². The van der Waals surface area contributed by atoms with Gasteiger partial charge in [-0.1, -0.05) is 90.3 Å². The molecule has 1 aromatic carbocycles. The lowest BCUT2D eigenvalue weighted by molar-refractivity contribution is -0.141. The molecule has 1 fully saturated rings. The molecule has 2 amide bonds. The first-order valence-electron chi connectivity index (χ1n) is 13.5. The first-order chi connectivity index (χ1) is 17.3. The number of nitrogens with one attached hydrogen (secondary N) is 2. The Morgan fingerprint density at radius 2 is 1.62 bits per heavy atom. The summed E-state index contributed by atoms with van der Waals surface area (Å²) in [6, 6.07) is 8.55. The van der Waals surface area contributed by atoms with Crippen LogP contribution >= 0.6 is 0 Å². The molecule has 206 valence electrons. The van der Waals surface area contributed by atoms with Gasteiger partial charge >= 0.3 is 5.97 Å². The van der Waals surface area contributed by atoms with Gasteiger partial charge in [-0.15, -0.1) is 0 Å². The molecule has 0 aromatic heterocycles. The zero-order valence-corrected chi connectivity index (χ0v) is 23.9. The Kier molecular flexibility index (Phi) is 10.5. The second kappa shape index (κ2) is 12.7. The Hall–Kier alpha value is -2.67. The molecule has 7 nitrogen and oxygen atoms in total. The molecule has 0 bridgehead atoms. The molecular weight excluding hydrogens is 466 g/mol. The number of nitrogens with zero attached hydrogens (tertiary/aromatic N) is 1. The lowest BCUT2D eigenvalue weighted by Gasteiger charge is -2.44. The number of aliphatic carboxylic acids is 1. The van der Waals surface area contributed by atoms with Gasteiger partial charge in [-0.2, -0.15) is 0 Å². The highest BCUT2D eigenvalue weighted by molar-refractivity contribution is 5.92. The summed E-state index contributed by atoms with van der Waals surface area (Å²) in [5.74, 6) is -1.44. The van der Waals surface area contributed by atoms with Gasteiger partial charge in [0, 0.05) is 18.0 Å². The molecule has 1 aliphatic carbocycles. The Morgan fingerprint density at radius 1 is 1.05 bits per heavy atom. The fourth-order valence-electron chi connectivity index (χ4n) is 5.66. The summed E-state index contributed by atoms with van der Waals surface area (Å²) >= 11 is 0. The van der Waals surface area contributed by atoms with E-state index in [0.717, 1.165) is 37.7 Å². The highest BCUT2D eigenvalue weighted by Gasteiger charge is 2.46. The van der Waals surface area contributed by atoms with E-state index in [1.54, 1.807) is 18.0 Å². The van der Waals surface area contributed by atoms with Gasteiger partial charge in [0.1, 0.15) is 6.04 Å². The highest BCUT2D eigenvalue weighted by Crippen LogP contribution is 2.42. The minimum atomic E-state index is -1.01. The summed E-state index contributed by atoms with van der Waals surface area (Å²) < 4.78 is 0. The summed E-state index contributed by atoms with van der Waals surface area (Å²) in [5, 5.41) is 15.8. The van der Waals surface area contributed by atoms with Crippen LogP contribution in [0.1, 0.15) is 79.2 Å². The second-order valence-corrected chi connectivity index (χ2v) is 12.0. The Morgan fingerprint density at radius 3 is 2.08 bits per heavy atom. The van der Waals surface area contributed by atoms with Crippen molar-refractivity contribution in [1.82, 2.24) is 15.5 Å². The fourth-order valence-corrected chi connectivity index (χ4v) is 5.66. The van der Waals surface area contributed by atoms with Crippen molar-refractivity contribution in [2.45, 2.75) is 97.2 Å². The standard InChI is InChI=1S/C30H47N3O4/c1-20(2)23(19-21(3)28(36)37)33(8)27(35)25(29(4,5)6)32-26(34)24(31-7)30(17-13-10-14-18-30)22-15-11-9-12-16-22/h9,11-12,15-16,19-20,23-25,31H,10,13-14,17-18H2,1-8H3,(H,32,34)(H,36,37)/t23-,24?,25+/m0/s1. The van der Waals surface area contributed by atoms with Crippen LogP contribution in [0.2, 0.25) is 0 Å². The van der Waals surface area contributed by atoms with Crippen molar-refractivity contribution in [2.75, 3.05) is 14.1 Å². The number of hydrogen-bond acceptors (Lipinski definition) is 4. The number of carbonyl (C=O) groups excluding carboxylic acids is 2. The third-order valence-corrected chi connectivity index (χ3v) is 7.83. The van der Waals surface area contributed by atoms with Gasteiger partial charge < -0.3 is 20.6 Å². The number of hydrogen-bond donors (Lipinski definition) is 3. The maximum absolute atomic E-state index is 14.0. The van der Waals surface area contributed by atoms with Crippen molar-refractivity contribution in [3.63, 3.8) is 0 Å². The number of rotatable bonds is 10. The van der Waals surface area contributed by atoms with Crippen molar-refractivity contribution in [1.29, 1.82) is 0 Å². The second-order valence-electron chi connectivity index (χ2n) is 12.0. The lowest BCUT2D eigenvalue weighted by atomic mass is 9.64. The zero-order chi connectivity index (χ0) is 28.0. The largest absolute Gasteiger partial charge is 0.478 e. The van der Waals surface area contributed by atoms with Gasteiger partial charge in [0.25, 0.3) is 0 Å². The number of carboxylic acid groups (broad SMARTS) is 1. The Labute approximate surface area is 223 Å². The quantitative estimate of drug-likeness (QED) is 0.400. The van der Waals surface area contributed by atoms with Crippen LogP contribution in [0.4, 0.5) is 0 Å². The highest BCUT2D eigenvalue weighted by atomic mass is 16.4. The topological polar surface area (TPSA) is 98.7 Å². The average Bonchev–Trinajstić information content (AvgIpc) is 2.85. The molecule has 3 atom stereocenters. The van der Waals surface area contributed by atoms with Crippen LogP contribution in [0.5, 0.6) is 0 Å². The van der Waals surface area contributed by atoms with Gasteiger partial charge in [0.2, 0.25) is 11.8 Å². The van der Waals surface area contributed by atoms with Crippen LogP contribution in [-0.2, 0) is 19.8 Å². The number of amides is 2. The van der Waals surface area contributed by atoms with Gasteiger partial charge in [0.15, 0.2) is 0 Å². The van der Waals surface area contributed by atoms with E-state index in [0.29, 0.717) is 0 Å². The van der Waals surface area contributed by atoms with Crippen LogP contribution in [0.3, 0.4) is 0 Å². The summed E-state index contributed by atoms with van der Waals surface area (Å²) in [6.45, 7) is 11.3. The van der Waals surface area contributed by atoms with Crippen molar-refractivity contribution in [2.24, 2.45) is 11.3 Å². The molecule has 1 aromatic rings. The minimum absolute atomic E-state index is 0.00628. The molecule has 0 saturated heterocycles. The van der Waals surface area contributed by atoms with Crippen LogP contribution < -0.4 is 10.6 Å². The molecule has 7 heteroatoms. The van der Waals surface area contributed by atoms with E-state index in [1.807, 2.05) is 59.9 Å². The van der Waals surface area contributed by atoms with Crippen molar-refractivity contribution in [3.05, 3.63) is 47.5 Å². The van der Waals surface area contributed by atoms with Crippen LogP contribution in [-0.4, -0.2) is 60.0 Å². The van der Waals surface area contributed by atoms with E-state index >= 15 is 0 Å². The molecule has 1 unspecified atom stereocenters. The number of carboxylic acids is 1. The third kappa shape index (κ3) is 7.22. The molecule has 1 saturated carbocycles. The van der Waals surface area contributed by atoms with Gasteiger partial charge in [-0.05, 0) is 43.7 Å². The first kappa shape index (κ1) is 30.6. The smallest absolute Gasteiger partial charge is 0.331 e. The Bertz CT molecular complexity index is 959. The van der Waals surface area contributed by atoms with Gasteiger partial charge in [0.05, 0.1) is 12.1 Å². The number of benzene rings is 1. The minimum Gasteiger partial charge on any atom is -0.478 e. The maximum atomic E-state index is 14.0. The first-order valence-corrected chi connectivity index (χ1v) is 13.5. The molecule has 0 radical (unpaired) electrons. The predicted molar refractivity (Wildman–Crippen MR) is 148 cm³/mol. The molecule has 37 heavy (non-hydrogen) atoms.